The van der Waals surface area contributed by atoms with Gasteiger partial charge >= 0.3 is 0 Å². The molecule has 0 aliphatic heterocycles. The molecule has 1 N–H and O–H groups in total. The minimum atomic E-state index is -0.667. The predicted molar refractivity (Wildman–Crippen MR) is 84.2 cm³/mol. The molecule has 1 unspecified atom stereocenters. The number of rotatable bonds is 2. The zero-order valence-corrected chi connectivity index (χ0v) is 11.9. The summed E-state index contributed by atoms with van der Waals surface area (Å²) in [4.78, 5) is 0. The van der Waals surface area contributed by atoms with Crippen LogP contribution in [0.15, 0.2) is 60.7 Å². The second kappa shape index (κ2) is 5.28. The number of hydrogen-bond acceptors (Lipinski definition) is 1. The molecule has 100 valence electrons. The molecule has 0 radical (unpaired) electrons. The fraction of sp³-hybridized carbons (Fsp3) is 0.111. The molecule has 0 aliphatic rings. The Bertz CT molecular complexity index is 764. The van der Waals surface area contributed by atoms with Gasteiger partial charge in [-0.2, -0.15) is 0 Å². The fourth-order valence-electron chi connectivity index (χ4n) is 2.57. The van der Waals surface area contributed by atoms with E-state index in [-0.39, 0.29) is 0 Å². The van der Waals surface area contributed by atoms with Crippen molar-refractivity contribution in [1.29, 1.82) is 0 Å². The van der Waals surface area contributed by atoms with Crippen LogP contribution in [0, 0.1) is 6.92 Å². The maximum atomic E-state index is 10.6. The molecule has 3 rings (SSSR count). The Hall–Kier alpha value is -1.83. The van der Waals surface area contributed by atoms with Crippen LogP contribution < -0.4 is 0 Å². The number of aliphatic hydroxyl groups excluding tert-OH is 1. The molecule has 3 aromatic rings. The van der Waals surface area contributed by atoms with Gasteiger partial charge in [0.2, 0.25) is 0 Å². The van der Waals surface area contributed by atoms with Crippen molar-refractivity contribution in [1.82, 2.24) is 0 Å². The Morgan fingerprint density at radius 2 is 1.65 bits per heavy atom. The van der Waals surface area contributed by atoms with Crippen molar-refractivity contribution >= 4 is 22.4 Å². The highest BCUT2D eigenvalue weighted by atomic mass is 35.5. The number of aliphatic hydroxyl groups is 1. The highest BCUT2D eigenvalue weighted by molar-refractivity contribution is 6.30. The summed E-state index contributed by atoms with van der Waals surface area (Å²) in [5.41, 5.74) is 2.93. The predicted octanol–water partition coefficient (Wildman–Crippen LogP) is 4.88. The van der Waals surface area contributed by atoms with Crippen molar-refractivity contribution in [3.63, 3.8) is 0 Å². The van der Waals surface area contributed by atoms with Crippen LogP contribution >= 0.6 is 11.6 Å². The number of fused-ring (bicyclic) bond motifs is 1. The Balaban J connectivity index is 2.17. The van der Waals surface area contributed by atoms with Gasteiger partial charge in [-0.3, -0.25) is 0 Å². The molecule has 0 spiro atoms. The van der Waals surface area contributed by atoms with Crippen molar-refractivity contribution in [2.24, 2.45) is 0 Å². The molecular weight excluding hydrogens is 268 g/mol. The van der Waals surface area contributed by atoms with Crippen LogP contribution in [-0.4, -0.2) is 5.11 Å². The molecule has 3 aromatic carbocycles. The van der Waals surface area contributed by atoms with Crippen LogP contribution in [0.1, 0.15) is 22.8 Å². The van der Waals surface area contributed by atoms with E-state index < -0.39 is 6.10 Å². The lowest BCUT2D eigenvalue weighted by Gasteiger charge is -2.15. The Kier molecular flexibility index (Phi) is 3.47. The van der Waals surface area contributed by atoms with Crippen molar-refractivity contribution < 1.29 is 5.11 Å². The summed E-state index contributed by atoms with van der Waals surface area (Å²) in [7, 11) is 0. The van der Waals surface area contributed by atoms with Gasteiger partial charge in [-0.1, -0.05) is 60.1 Å². The third-order valence-corrected chi connectivity index (χ3v) is 3.87. The highest BCUT2D eigenvalue weighted by Gasteiger charge is 2.14. The van der Waals surface area contributed by atoms with Gasteiger partial charge < -0.3 is 5.11 Å². The van der Waals surface area contributed by atoms with Gasteiger partial charge in [0.25, 0.3) is 0 Å². The van der Waals surface area contributed by atoms with Crippen molar-refractivity contribution in [2.75, 3.05) is 0 Å². The standard InChI is InChI=1S/C18H15ClO/c1-12-9-10-17(16-8-3-2-7-15(12)16)18(20)13-5-4-6-14(19)11-13/h2-11,18,20H,1H3. The molecule has 2 heteroatoms. The van der Waals surface area contributed by atoms with Crippen molar-refractivity contribution in [3.8, 4) is 0 Å². The topological polar surface area (TPSA) is 20.2 Å². The van der Waals surface area contributed by atoms with E-state index in [9.17, 15) is 5.11 Å². The van der Waals surface area contributed by atoms with E-state index in [1.54, 1.807) is 6.07 Å². The molecule has 0 amide bonds. The van der Waals surface area contributed by atoms with Gasteiger partial charge in [0.15, 0.2) is 0 Å². The lowest BCUT2D eigenvalue weighted by molar-refractivity contribution is 0.222. The van der Waals surface area contributed by atoms with E-state index in [2.05, 4.69) is 13.0 Å². The first kappa shape index (κ1) is 13.2. The van der Waals surface area contributed by atoms with Gasteiger partial charge in [-0.25, -0.2) is 0 Å². The Morgan fingerprint density at radius 3 is 2.40 bits per heavy atom. The van der Waals surface area contributed by atoms with Crippen LogP contribution in [0.25, 0.3) is 10.8 Å². The van der Waals surface area contributed by atoms with Crippen LogP contribution in [-0.2, 0) is 0 Å². The summed E-state index contributed by atoms with van der Waals surface area (Å²) in [5, 5.41) is 13.5. The second-order valence-corrected chi connectivity index (χ2v) is 5.41. The summed E-state index contributed by atoms with van der Waals surface area (Å²) in [6, 6.07) is 19.5. The fourth-order valence-corrected chi connectivity index (χ4v) is 2.77. The highest BCUT2D eigenvalue weighted by Crippen LogP contribution is 2.31. The van der Waals surface area contributed by atoms with Gasteiger partial charge in [0.1, 0.15) is 6.10 Å². The molecule has 0 fully saturated rings. The van der Waals surface area contributed by atoms with Gasteiger partial charge in [-0.15, -0.1) is 0 Å². The number of hydrogen-bond donors (Lipinski definition) is 1. The summed E-state index contributed by atoms with van der Waals surface area (Å²) < 4.78 is 0. The minimum Gasteiger partial charge on any atom is -0.384 e. The van der Waals surface area contributed by atoms with Crippen LogP contribution in [0.2, 0.25) is 5.02 Å². The quantitative estimate of drug-likeness (QED) is 0.710. The van der Waals surface area contributed by atoms with Crippen molar-refractivity contribution in [2.45, 2.75) is 13.0 Å². The lowest BCUT2D eigenvalue weighted by Crippen LogP contribution is -2.01. The average molecular weight is 283 g/mol. The van der Waals surface area contributed by atoms with Gasteiger partial charge in [0, 0.05) is 5.02 Å². The van der Waals surface area contributed by atoms with Gasteiger partial charge in [0.05, 0.1) is 0 Å². The largest absolute Gasteiger partial charge is 0.384 e. The Morgan fingerprint density at radius 1 is 0.900 bits per heavy atom. The summed E-state index contributed by atoms with van der Waals surface area (Å²) in [6.45, 7) is 2.08. The molecule has 20 heavy (non-hydrogen) atoms. The summed E-state index contributed by atoms with van der Waals surface area (Å²) in [6.07, 6.45) is -0.667. The van der Waals surface area contributed by atoms with Crippen LogP contribution in [0.5, 0.6) is 0 Å². The molecule has 0 saturated carbocycles. The average Bonchev–Trinajstić information content (AvgIpc) is 2.47. The third-order valence-electron chi connectivity index (χ3n) is 3.63. The molecule has 0 heterocycles. The van der Waals surface area contributed by atoms with E-state index in [1.807, 2.05) is 48.5 Å². The maximum absolute atomic E-state index is 10.6. The maximum Gasteiger partial charge on any atom is 0.105 e. The zero-order chi connectivity index (χ0) is 14.1. The van der Waals surface area contributed by atoms with Gasteiger partial charge in [-0.05, 0) is 46.5 Å². The Labute approximate surface area is 123 Å². The molecule has 0 aliphatic carbocycles. The van der Waals surface area contributed by atoms with E-state index >= 15 is 0 Å². The van der Waals surface area contributed by atoms with E-state index in [0.717, 1.165) is 16.5 Å². The molecule has 1 nitrogen and oxygen atoms in total. The first-order valence-corrected chi connectivity index (χ1v) is 6.96. The smallest absolute Gasteiger partial charge is 0.105 e. The normalized spacial score (nSPS) is 12.6. The molecule has 1 atom stereocenters. The van der Waals surface area contributed by atoms with Crippen molar-refractivity contribution in [3.05, 3.63) is 82.4 Å². The van der Waals surface area contributed by atoms with E-state index in [4.69, 9.17) is 11.6 Å². The molecule has 0 aromatic heterocycles. The van der Waals surface area contributed by atoms with Crippen LogP contribution in [0.4, 0.5) is 0 Å². The molecule has 0 saturated heterocycles. The third kappa shape index (κ3) is 2.31. The molecular formula is C18H15ClO. The van der Waals surface area contributed by atoms with E-state index in [0.29, 0.717) is 5.02 Å². The minimum absolute atomic E-state index is 0.637. The monoisotopic (exact) mass is 282 g/mol. The first-order valence-electron chi connectivity index (χ1n) is 6.58. The second-order valence-electron chi connectivity index (χ2n) is 4.97. The number of benzene rings is 3. The molecule has 0 bridgehead atoms. The number of halogens is 1. The zero-order valence-electron chi connectivity index (χ0n) is 11.2. The first-order chi connectivity index (χ1) is 9.66. The number of aryl methyl sites for hydroxylation is 1. The van der Waals surface area contributed by atoms with Crippen LogP contribution in [0.3, 0.4) is 0 Å². The lowest BCUT2D eigenvalue weighted by atomic mass is 9.94. The SMILES string of the molecule is Cc1ccc(C(O)c2cccc(Cl)c2)c2ccccc12. The summed E-state index contributed by atoms with van der Waals surface area (Å²) >= 11 is 6.01. The summed E-state index contributed by atoms with van der Waals surface area (Å²) in [5.74, 6) is 0. The van der Waals surface area contributed by atoms with E-state index in [1.165, 1.54) is 10.9 Å².